The van der Waals surface area contributed by atoms with Crippen molar-refractivity contribution in [2.75, 3.05) is 13.1 Å². The Hall–Kier alpha value is -1.06. The maximum atomic E-state index is 12.3. The van der Waals surface area contributed by atoms with Crippen LogP contribution in [0.25, 0.3) is 0 Å². The van der Waals surface area contributed by atoms with Gasteiger partial charge in [0.1, 0.15) is 0 Å². The van der Waals surface area contributed by atoms with Crippen molar-refractivity contribution in [3.05, 3.63) is 0 Å². The summed E-state index contributed by atoms with van der Waals surface area (Å²) in [5, 5.41) is 9.32. The van der Waals surface area contributed by atoms with E-state index in [1.54, 1.807) is 0 Å². The van der Waals surface area contributed by atoms with E-state index in [0.717, 1.165) is 6.42 Å². The van der Waals surface area contributed by atoms with Gasteiger partial charge >= 0.3 is 5.97 Å². The highest BCUT2D eigenvalue weighted by molar-refractivity contribution is 5.82. The van der Waals surface area contributed by atoms with Crippen LogP contribution >= 0.6 is 0 Å². The van der Waals surface area contributed by atoms with Crippen molar-refractivity contribution >= 4 is 11.9 Å². The lowest BCUT2D eigenvalue weighted by atomic mass is 9.75. The highest BCUT2D eigenvalue weighted by Crippen LogP contribution is 2.36. The van der Waals surface area contributed by atoms with Gasteiger partial charge in [-0.3, -0.25) is 9.59 Å². The lowest BCUT2D eigenvalue weighted by Gasteiger charge is -2.41. The largest absolute Gasteiger partial charge is 0.481 e. The minimum Gasteiger partial charge on any atom is -0.481 e. The zero-order chi connectivity index (χ0) is 14.0. The summed E-state index contributed by atoms with van der Waals surface area (Å²) in [7, 11) is 0. The first-order valence-corrected chi connectivity index (χ1v) is 6.82. The Morgan fingerprint density at radius 3 is 2.06 bits per heavy atom. The van der Waals surface area contributed by atoms with Gasteiger partial charge in [-0.15, -0.1) is 0 Å². The van der Waals surface area contributed by atoms with E-state index in [1.807, 2.05) is 32.6 Å². The van der Waals surface area contributed by atoms with Crippen molar-refractivity contribution < 1.29 is 14.7 Å². The Morgan fingerprint density at radius 1 is 1.22 bits per heavy atom. The number of piperidine rings is 1. The normalized spacial score (nSPS) is 19.7. The summed E-state index contributed by atoms with van der Waals surface area (Å²) in [5.41, 5.74) is -0.956. The summed E-state index contributed by atoms with van der Waals surface area (Å²) in [6, 6.07) is 0. The maximum Gasteiger partial charge on any atom is 0.309 e. The smallest absolute Gasteiger partial charge is 0.309 e. The number of carbonyl (C=O) groups excluding carboxylic acids is 1. The minimum absolute atomic E-state index is 0.153. The molecule has 0 unspecified atom stereocenters. The Balaban J connectivity index is 2.70. The second-order valence-electron chi connectivity index (χ2n) is 5.97. The van der Waals surface area contributed by atoms with Crippen LogP contribution in [0.15, 0.2) is 0 Å². The fourth-order valence-corrected chi connectivity index (χ4v) is 2.44. The average Bonchev–Trinajstić information content (AvgIpc) is 2.37. The molecule has 1 aliphatic heterocycles. The molecule has 0 spiro atoms. The molecule has 0 aromatic heterocycles. The molecular weight excluding hydrogens is 230 g/mol. The van der Waals surface area contributed by atoms with Crippen LogP contribution in [0.4, 0.5) is 0 Å². The van der Waals surface area contributed by atoms with Crippen molar-refractivity contribution in [2.24, 2.45) is 10.8 Å². The molecule has 0 saturated carbocycles. The number of hydrogen-bond acceptors (Lipinski definition) is 2. The summed E-state index contributed by atoms with van der Waals surface area (Å²) in [6.45, 7) is 8.98. The molecule has 4 nitrogen and oxygen atoms in total. The van der Waals surface area contributed by atoms with Crippen LogP contribution in [0.5, 0.6) is 0 Å². The molecule has 0 bridgehead atoms. The second kappa shape index (κ2) is 5.29. The van der Waals surface area contributed by atoms with Gasteiger partial charge in [-0.25, -0.2) is 0 Å². The Kier molecular flexibility index (Phi) is 4.41. The van der Waals surface area contributed by atoms with Crippen LogP contribution in [0, 0.1) is 10.8 Å². The van der Waals surface area contributed by atoms with Gasteiger partial charge in [0.25, 0.3) is 0 Å². The minimum atomic E-state index is -0.716. The van der Waals surface area contributed by atoms with Gasteiger partial charge in [-0.2, -0.15) is 0 Å². The van der Waals surface area contributed by atoms with Gasteiger partial charge in [0.2, 0.25) is 5.91 Å². The molecule has 18 heavy (non-hydrogen) atoms. The first-order valence-electron chi connectivity index (χ1n) is 6.82. The van der Waals surface area contributed by atoms with Crippen molar-refractivity contribution in [3.8, 4) is 0 Å². The number of likely N-dealkylation sites (tertiary alicyclic amines) is 1. The predicted octanol–water partition coefficient (Wildman–Crippen LogP) is 2.53. The molecule has 1 fully saturated rings. The van der Waals surface area contributed by atoms with Gasteiger partial charge in [0, 0.05) is 18.5 Å². The molecule has 1 aliphatic rings. The van der Waals surface area contributed by atoms with E-state index in [1.165, 1.54) is 0 Å². The molecule has 1 rings (SSSR count). The van der Waals surface area contributed by atoms with Crippen LogP contribution < -0.4 is 0 Å². The molecule has 0 atom stereocenters. The van der Waals surface area contributed by atoms with E-state index >= 15 is 0 Å². The van der Waals surface area contributed by atoms with Crippen LogP contribution in [0.3, 0.4) is 0 Å². The van der Waals surface area contributed by atoms with Crippen molar-refractivity contribution in [3.63, 3.8) is 0 Å². The number of carbonyl (C=O) groups is 2. The van der Waals surface area contributed by atoms with Gasteiger partial charge in [0.15, 0.2) is 0 Å². The monoisotopic (exact) mass is 255 g/mol. The number of nitrogens with zero attached hydrogens (tertiary/aromatic N) is 1. The Morgan fingerprint density at radius 2 is 1.72 bits per heavy atom. The quantitative estimate of drug-likeness (QED) is 0.839. The lowest BCUT2D eigenvalue weighted by molar-refractivity contribution is -0.156. The summed E-state index contributed by atoms with van der Waals surface area (Å²) < 4.78 is 0. The fourth-order valence-electron chi connectivity index (χ4n) is 2.44. The SMILES string of the molecule is CCC(C)(C)C(=O)N1CCC(CC)(C(=O)O)CC1. The molecule has 4 heteroatoms. The summed E-state index contributed by atoms with van der Waals surface area (Å²) in [4.78, 5) is 25.5. The molecule has 104 valence electrons. The molecule has 1 saturated heterocycles. The Bertz CT molecular complexity index is 328. The molecule has 0 aromatic rings. The van der Waals surface area contributed by atoms with Gasteiger partial charge < -0.3 is 10.0 Å². The number of hydrogen-bond donors (Lipinski definition) is 1. The highest BCUT2D eigenvalue weighted by atomic mass is 16.4. The zero-order valence-electron chi connectivity index (χ0n) is 12.0. The van der Waals surface area contributed by atoms with Gasteiger partial charge in [-0.1, -0.05) is 27.7 Å². The van der Waals surface area contributed by atoms with Crippen molar-refractivity contribution in [2.45, 2.75) is 53.4 Å². The van der Waals surface area contributed by atoms with E-state index in [4.69, 9.17) is 0 Å². The summed E-state index contributed by atoms with van der Waals surface area (Å²) in [5.74, 6) is -0.563. The highest BCUT2D eigenvalue weighted by Gasteiger charge is 2.42. The molecule has 0 aliphatic carbocycles. The van der Waals surface area contributed by atoms with E-state index < -0.39 is 11.4 Å². The molecule has 1 heterocycles. The van der Waals surface area contributed by atoms with Crippen LogP contribution in [-0.4, -0.2) is 35.0 Å². The second-order valence-corrected chi connectivity index (χ2v) is 5.97. The molecule has 0 radical (unpaired) electrons. The third-order valence-corrected chi connectivity index (χ3v) is 4.60. The number of rotatable bonds is 4. The van der Waals surface area contributed by atoms with Crippen LogP contribution in [-0.2, 0) is 9.59 Å². The van der Waals surface area contributed by atoms with Gasteiger partial charge in [0.05, 0.1) is 5.41 Å². The lowest BCUT2D eigenvalue weighted by Crippen LogP contribution is -2.49. The summed E-state index contributed by atoms with van der Waals surface area (Å²) >= 11 is 0. The topological polar surface area (TPSA) is 57.6 Å². The fraction of sp³-hybridized carbons (Fsp3) is 0.857. The van der Waals surface area contributed by atoms with E-state index in [2.05, 4.69) is 0 Å². The van der Waals surface area contributed by atoms with Crippen molar-refractivity contribution in [1.82, 2.24) is 4.90 Å². The Labute approximate surface area is 109 Å². The molecule has 1 N–H and O–H groups in total. The van der Waals surface area contributed by atoms with E-state index in [0.29, 0.717) is 32.4 Å². The maximum absolute atomic E-state index is 12.3. The van der Waals surface area contributed by atoms with Crippen LogP contribution in [0.2, 0.25) is 0 Å². The van der Waals surface area contributed by atoms with Crippen molar-refractivity contribution in [1.29, 1.82) is 0 Å². The summed E-state index contributed by atoms with van der Waals surface area (Å²) in [6.07, 6.45) is 2.59. The molecular formula is C14H25NO3. The molecule has 0 aromatic carbocycles. The molecule has 1 amide bonds. The number of amides is 1. The van der Waals surface area contributed by atoms with Gasteiger partial charge in [-0.05, 0) is 25.7 Å². The third kappa shape index (κ3) is 2.68. The standard InChI is InChI=1S/C14H25NO3/c1-5-13(3,4)11(16)15-9-7-14(6-2,8-10-15)12(17)18/h5-10H2,1-4H3,(H,17,18). The first-order chi connectivity index (χ1) is 8.29. The van der Waals surface area contributed by atoms with E-state index in [-0.39, 0.29) is 11.3 Å². The predicted molar refractivity (Wildman–Crippen MR) is 70.2 cm³/mol. The third-order valence-electron chi connectivity index (χ3n) is 4.60. The average molecular weight is 255 g/mol. The number of aliphatic carboxylic acids is 1. The van der Waals surface area contributed by atoms with E-state index in [9.17, 15) is 14.7 Å². The van der Waals surface area contributed by atoms with Crippen LogP contribution in [0.1, 0.15) is 53.4 Å². The zero-order valence-corrected chi connectivity index (χ0v) is 12.0. The first kappa shape index (κ1) is 15.0. The number of carboxylic acids is 1. The number of carboxylic acid groups (broad SMARTS) is 1.